The van der Waals surface area contributed by atoms with E-state index < -0.39 is 0 Å². The molecule has 0 aromatic carbocycles. The summed E-state index contributed by atoms with van der Waals surface area (Å²) < 4.78 is 0. The molecule has 0 amide bonds. The SMILES string of the molecule is CSCC(C)CNC1C=CCCC1. The van der Waals surface area contributed by atoms with E-state index in [4.69, 9.17) is 0 Å². The second-order valence-electron chi connectivity index (χ2n) is 3.93. The Morgan fingerprint density at radius 3 is 3.08 bits per heavy atom. The van der Waals surface area contributed by atoms with Crippen LogP contribution in [-0.2, 0) is 0 Å². The number of allylic oxidation sites excluding steroid dienone is 1. The van der Waals surface area contributed by atoms with Crippen molar-refractivity contribution in [2.24, 2.45) is 5.92 Å². The fourth-order valence-corrected chi connectivity index (χ4v) is 2.37. The maximum Gasteiger partial charge on any atom is 0.0250 e. The van der Waals surface area contributed by atoms with Gasteiger partial charge in [-0.15, -0.1) is 0 Å². The highest BCUT2D eigenvalue weighted by Gasteiger charge is 2.08. The normalized spacial score (nSPS) is 24.6. The minimum Gasteiger partial charge on any atom is -0.310 e. The summed E-state index contributed by atoms with van der Waals surface area (Å²) in [6.07, 6.45) is 10.8. The van der Waals surface area contributed by atoms with Gasteiger partial charge in [-0.05, 0) is 43.7 Å². The van der Waals surface area contributed by atoms with Crippen molar-refractivity contribution in [3.63, 3.8) is 0 Å². The molecule has 0 fully saturated rings. The first-order valence-corrected chi connectivity index (χ1v) is 6.61. The molecule has 0 spiro atoms. The lowest BCUT2D eigenvalue weighted by Crippen LogP contribution is -2.32. The third-order valence-corrected chi connectivity index (χ3v) is 3.34. The molecule has 2 unspecified atom stereocenters. The molecule has 0 aliphatic heterocycles. The number of rotatable bonds is 5. The molecule has 2 heteroatoms. The van der Waals surface area contributed by atoms with Gasteiger partial charge in [-0.2, -0.15) is 11.8 Å². The maximum atomic E-state index is 3.61. The van der Waals surface area contributed by atoms with E-state index in [1.807, 2.05) is 11.8 Å². The minimum atomic E-state index is 0.651. The Labute approximate surface area is 86.4 Å². The number of thioether (sulfide) groups is 1. The first-order valence-electron chi connectivity index (χ1n) is 5.22. The molecule has 1 rings (SSSR count). The van der Waals surface area contributed by atoms with Crippen LogP contribution < -0.4 is 5.32 Å². The molecule has 1 nitrogen and oxygen atoms in total. The molecule has 76 valence electrons. The number of nitrogens with one attached hydrogen (secondary N) is 1. The van der Waals surface area contributed by atoms with Gasteiger partial charge in [-0.1, -0.05) is 19.1 Å². The van der Waals surface area contributed by atoms with Crippen molar-refractivity contribution in [1.82, 2.24) is 5.32 Å². The third kappa shape index (κ3) is 4.72. The fraction of sp³-hybridized carbons (Fsp3) is 0.818. The van der Waals surface area contributed by atoms with E-state index in [-0.39, 0.29) is 0 Å². The monoisotopic (exact) mass is 199 g/mol. The van der Waals surface area contributed by atoms with E-state index in [0.717, 1.165) is 12.5 Å². The molecular weight excluding hydrogens is 178 g/mol. The van der Waals surface area contributed by atoms with Crippen molar-refractivity contribution in [3.8, 4) is 0 Å². The summed E-state index contributed by atoms with van der Waals surface area (Å²) in [5, 5.41) is 3.61. The first kappa shape index (κ1) is 11.1. The molecule has 1 aliphatic rings. The smallest absolute Gasteiger partial charge is 0.0250 e. The van der Waals surface area contributed by atoms with Crippen LogP contribution in [0.25, 0.3) is 0 Å². The largest absolute Gasteiger partial charge is 0.310 e. The predicted molar refractivity (Wildman–Crippen MR) is 62.3 cm³/mol. The lowest BCUT2D eigenvalue weighted by atomic mass is 10.0. The van der Waals surface area contributed by atoms with Crippen LogP contribution in [0.3, 0.4) is 0 Å². The molecule has 0 aromatic heterocycles. The number of hydrogen-bond donors (Lipinski definition) is 1. The van der Waals surface area contributed by atoms with E-state index in [9.17, 15) is 0 Å². The van der Waals surface area contributed by atoms with E-state index in [2.05, 4.69) is 30.6 Å². The Morgan fingerprint density at radius 2 is 2.46 bits per heavy atom. The van der Waals surface area contributed by atoms with Gasteiger partial charge in [0, 0.05) is 6.04 Å². The standard InChI is InChI=1S/C11H21NS/c1-10(9-13-2)8-12-11-6-4-3-5-7-11/h4,6,10-12H,3,5,7-9H2,1-2H3. The zero-order chi connectivity index (χ0) is 9.52. The van der Waals surface area contributed by atoms with Crippen molar-refractivity contribution in [2.75, 3.05) is 18.6 Å². The average molecular weight is 199 g/mol. The van der Waals surface area contributed by atoms with E-state index >= 15 is 0 Å². The summed E-state index contributed by atoms with van der Waals surface area (Å²) in [6.45, 7) is 3.48. The molecule has 0 radical (unpaired) electrons. The Hall–Kier alpha value is 0.0500. The summed E-state index contributed by atoms with van der Waals surface area (Å²) in [7, 11) is 0. The molecule has 0 saturated heterocycles. The highest BCUT2D eigenvalue weighted by Crippen LogP contribution is 2.11. The zero-order valence-corrected chi connectivity index (χ0v) is 9.57. The van der Waals surface area contributed by atoms with Crippen LogP contribution >= 0.6 is 11.8 Å². The van der Waals surface area contributed by atoms with Crippen molar-refractivity contribution in [1.29, 1.82) is 0 Å². The van der Waals surface area contributed by atoms with E-state index in [0.29, 0.717) is 6.04 Å². The van der Waals surface area contributed by atoms with Crippen LogP contribution in [0.15, 0.2) is 12.2 Å². The summed E-state index contributed by atoms with van der Waals surface area (Å²) in [6, 6.07) is 0.651. The molecule has 1 aliphatic carbocycles. The summed E-state index contributed by atoms with van der Waals surface area (Å²) in [5.74, 6) is 2.06. The Kier molecular flexibility index (Phi) is 5.56. The third-order valence-electron chi connectivity index (χ3n) is 2.43. The van der Waals surface area contributed by atoms with Crippen LogP contribution in [0.2, 0.25) is 0 Å². The Balaban J connectivity index is 2.10. The zero-order valence-electron chi connectivity index (χ0n) is 8.75. The average Bonchev–Trinajstić information content (AvgIpc) is 2.17. The Bertz CT molecular complexity index is 156. The molecule has 0 heterocycles. The summed E-state index contributed by atoms with van der Waals surface area (Å²) in [4.78, 5) is 0. The van der Waals surface area contributed by atoms with Gasteiger partial charge in [-0.25, -0.2) is 0 Å². The lowest BCUT2D eigenvalue weighted by molar-refractivity contribution is 0.477. The van der Waals surface area contributed by atoms with Crippen molar-refractivity contribution >= 4 is 11.8 Å². The first-order chi connectivity index (χ1) is 6.33. The van der Waals surface area contributed by atoms with Crippen LogP contribution in [0.5, 0.6) is 0 Å². The van der Waals surface area contributed by atoms with Gasteiger partial charge in [-0.3, -0.25) is 0 Å². The van der Waals surface area contributed by atoms with E-state index in [1.165, 1.54) is 25.0 Å². The van der Waals surface area contributed by atoms with Gasteiger partial charge in [0.2, 0.25) is 0 Å². The summed E-state index contributed by atoms with van der Waals surface area (Å²) in [5.41, 5.74) is 0. The van der Waals surface area contributed by atoms with Gasteiger partial charge in [0.05, 0.1) is 0 Å². The van der Waals surface area contributed by atoms with Gasteiger partial charge < -0.3 is 5.32 Å². The second kappa shape index (κ2) is 6.50. The quantitative estimate of drug-likeness (QED) is 0.683. The Morgan fingerprint density at radius 1 is 1.62 bits per heavy atom. The van der Waals surface area contributed by atoms with Gasteiger partial charge in [0.1, 0.15) is 0 Å². The molecule has 13 heavy (non-hydrogen) atoms. The lowest BCUT2D eigenvalue weighted by Gasteiger charge is -2.20. The number of hydrogen-bond acceptors (Lipinski definition) is 2. The van der Waals surface area contributed by atoms with Crippen LogP contribution in [-0.4, -0.2) is 24.6 Å². The second-order valence-corrected chi connectivity index (χ2v) is 4.84. The molecular formula is C11H21NS. The topological polar surface area (TPSA) is 12.0 Å². The molecule has 0 aromatic rings. The maximum absolute atomic E-state index is 3.61. The van der Waals surface area contributed by atoms with E-state index in [1.54, 1.807) is 0 Å². The highest BCUT2D eigenvalue weighted by molar-refractivity contribution is 7.98. The highest BCUT2D eigenvalue weighted by atomic mass is 32.2. The minimum absolute atomic E-state index is 0.651. The summed E-state index contributed by atoms with van der Waals surface area (Å²) >= 11 is 1.94. The molecule has 0 saturated carbocycles. The van der Waals surface area contributed by atoms with Crippen molar-refractivity contribution in [2.45, 2.75) is 32.2 Å². The fourth-order valence-electron chi connectivity index (χ4n) is 1.68. The van der Waals surface area contributed by atoms with Gasteiger partial charge in [0.15, 0.2) is 0 Å². The molecule has 0 bridgehead atoms. The van der Waals surface area contributed by atoms with Crippen LogP contribution in [0, 0.1) is 5.92 Å². The molecule has 2 atom stereocenters. The van der Waals surface area contributed by atoms with Crippen molar-refractivity contribution < 1.29 is 0 Å². The van der Waals surface area contributed by atoms with Crippen LogP contribution in [0.4, 0.5) is 0 Å². The van der Waals surface area contributed by atoms with Crippen molar-refractivity contribution in [3.05, 3.63) is 12.2 Å². The van der Waals surface area contributed by atoms with Gasteiger partial charge in [0.25, 0.3) is 0 Å². The predicted octanol–water partition coefficient (Wildman–Crippen LogP) is 2.68. The van der Waals surface area contributed by atoms with Crippen LogP contribution in [0.1, 0.15) is 26.2 Å². The molecule has 1 N–H and O–H groups in total. The van der Waals surface area contributed by atoms with Gasteiger partial charge >= 0.3 is 0 Å².